The van der Waals surface area contributed by atoms with Gasteiger partial charge in [-0.2, -0.15) is 0 Å². The van der Waals surface area contributed by atoms with Crippen molar-refractivity contribution in [3.8, 4) is 273 Å². The Morgan fingerprint density at radius 3 is 1.11 bits per heavy atom. The first-order valence-electron chi connectivity index (χ1n) is 43.3. The zero-order chi connectivity index (χ0) is 91.6. The van der Waals surface area contributed by atoms with Crippen LogP contribution in [0.2, 0.25) is 0 Å². The average molecular weight is 1530 g/mol. The highest BCUT2D eigenvalue weighted by Crippen LogP contribution is 2.54. The molecule has 0 heterocycles. The molecule has 0 aliphatic rings. The Morgan fingerprint density at radius 1 is 0.266 bits per heavy atom. The Kier molecular flexibility index (Phi) is 34.4. The lowest BCUT2D eigenvalue weighted by molar-refractivity contribution is 1.25. The molecule has 8 rings (SSSR count). The summed E-state index contributed by atoms with van der Waals surface area (Å²) in [5.74, 6) is 112. The molecule has 0 unspecified atom stereocenters. The molecule has 8 aromatic carbocycles. The van der Waals surface area contributed by atoms with E-state index in [9.17, 15) is 0 Å². The quantitative estimate of drug-likeness (QED) is 0.0391. The Labute approximate surface area is 768 Å². The maximum atomic E-state index is 6.97. The van der Waals surface area contributed by atoms with Crippen molar-refractivity contribution in [1.82, 2.24) is 0 Å². The summed E-state index contributed by atoms with van der Waals surface area (Å²) in [6, 6.07) is 0. The van der Waals surface area contributed by atoms with Crippen LogP contribution in [0, 0.1) is 313 Å². The molecule has 124 heavy (non-hydrogen) atoms. The van der Waals surface area contributed by atoms with Gasteiger partial charge in [0.15, 0.2) is 0 Å². The lowest BCUT2D eigenvalue weighted by Gasteiger charge is -2.41. The van der Waals surface area contributed by atoms with Crippen molar-refractivity contribution in [2.24, 2.45) is 0 Å². The van der Waals surface area contributed by atoms with Crippen LogP contribution in [0.5, 0.6) is 0 Å². The topological polar surface area (TPSA) is 0 Å². The second-order valence-corrected chi connectivity index (χ2v) is 34.1. The predicted octanol–water partition coefficient (Wildman–Crippen LogP) is -13.8. The number of hydrogen-bond donors (Lipinski definition) is 0. The molecule has 0 amide bonds. The van der Waals surface area contributed by atoms with Crippen molar-refractivity contribution in [2.75, 3.05) is 0 Å². The van der Waals surface area contributed by atoms with Crippen molar-refractivity contribution in [1.29, 1.82) is 0 Å². The van der Waals surface area contributed by atoms with Gasteiger partial charge in [-0.3, -0.25) is 0 Å². The third-order valence-corrected chi connectivity index (χ3v) is 25.5. The molecule has 0 aliphatic carbocycles. The summed E-state index contributed by atoms with van der Waals surface area (Å²) in [5.41, 5.74) is 27.2. The number of hydrogen-bond acceptors (Lipinski definition) is 0. The van der Waals surface area contributed by atoms with Gasteiger partial charge in [-0.05, 0) is 336 Å². The summed E-state index contributed by atoms with van der Waals surface area (Å²) in [4.78, 5) is 0. The zero-order valence-corrected chi connectivity index (χ0v) is 78.9. The van der Waals surface area contributed by atoms with Crippen molar-refractivity contribution in [2.45, 2.75) is 83.1 Å². The fourth-order valence-electron chi connectivity index (χ4n) is 19.6. The molecule has 0 atom stereocenters. The van der Waals surface area contributed by atoms with Crippen molar-refractivity contribution < 1.29 is 0 Å². The first-order valence-corrected chi connectivity index (χ1v) is 43.3. The molecule has 0 N–H and O–H groups in total. The number of aryl methyl sites for hydroxylation is 5. The molecule has 0 saturated heterocycles. The summed E-state index contributed by atoms with van der Waals surface area (Å²) in [7, 11) is 47.4. The normalized spacial score (nSPS) is 9.12. The SMILES string of the molecule is BBB(B)B(B(B)B)c1c(B(B(B)B)B(B)B)c(B(BB)B(B)B)c(B(B)B(B)B)c2c(-c3c4c(C)c(C)c(C)c(C)c4c(C)c4c(-c5c(C#CC#CC#CC#CC#C)c6c(C)c(C#C)c(C#CC)c(C#CC#C)c6c6c(C#CC#CC)c(C#CC#CC#C)c(C#CC#CC#CC)c(C#CC#CC#CC#C)c56)c(C)c(C)c(C)c34)c(B(B)B)c(BB)c(B)c12. The maximum Gasteiger partial charge on any atom is 0.139 e. The minimum atomic E-state index is 0.0183. The highest BCUT2D eigenvalue weighted by molar-refractivity contribution is 7.89. The molecule has 8 aromatic rings. The fourth-order valence-corrected chi connectivity index (χ4v) is 19.6. The van der Waals surface area contributed by atoms with E-state index >= 15 is 0 Å². The summed E-state index contributed by atoms with van der Waals surface area (Å²) in [6.45, 7) is 26.5. The van der Waals surface area contributed by atoms with Gasteiger partial charge in [-0.25, -0.2) is 0 Å². The van der Waals surface area contributed by atoms with E-state index in [1.54, 1.807) is 37.2 Å². The first kappa shape index (κ1) is 97.3. The molecule has 0 radical (unpaired) electrons. The summed E-state index contributed by atoms with van der Waals surface area (Å²) in [5, 5.41) is 9.48. The molecular weight excluding hydrogens is 1450 g/mol. The fraction of sp³-hybridized carbons (Fsp3) is 0.130. The van der Waals surface area contributed by atoms with E-state index < -0.39 is 0 Å². The summed E-state index contributed by atoms with van der Waals surface area (Å²) in [6.07, 6.45) is 32.2. The second kappa shape index (κ2) is 43.8. The third kappa shape index (κ3) is 18.9. The van der Waals surface area contributed by atoms with E-state index in [0.717, 1.165) is 65.3 Å². The van der Waals surface area contributed by atoms with Crippen molar-refractivity contribution >= 4 is 324 Å². The number of terminal acetylenes is 5. The minimum Gasteiger partial charge on any atom is -0.115 e. The summed E-state index contributed by atoms with van der Waals surface area (Å²) >= 11 is 0. The van der Waals surface area contributed by atoms with Crippen LogP contribution in [-0.2, 0) is 0 Å². The number of benzene rings is 8. The van der Waals surface area contributed by atoms with E-state index in [0.29, 0.717) is 103 Å². The van der Waals surface area contributed by atoms with Crippen LogP contribution < -0.4 is 38.2 Å². The third-order valence-electron chi connectivity index (χ3n) is 25.5. The molecule has 32 heteroatoms. The Morgan fingerprint density at radius 2 is 0.669 bits per heavy atom. The lowest BCUT2D eigenvalue weighted by Crippen LogP contribution is -2.80. The highest BCUT2D eigenvalue weighted by Gasteiger charge is 2.44. The van der Waals surface area contributed by atoms with Crippen LogP contribution in [0.15, 0.2) is 0 Å². The van der Waals surface area contributed by atoms with Gasteiger partial charge in [0.25, 0.3) is 0 Å². The standard InChI is InChI=1S/C92H80B32/c1-18-26-32-36-38-39-42-47-54-71-73-62(16)64(25-8)65(48-24-7)68(49-31-23-6)78(73)79-69(52-43-30-22-5)66(50-44-35-29-21-4)67(51-45-40-34-28-20-3)70(53-46-41-37-33-27-19-2)80(79)81(71)75-60(14)57(11)61(15)76-77(75)63(17)72-58(12)55(9)56(10)59(13)74(72)82(76)83-84-85(86(93)87(111-94)88(83)114(97)98)90(118(123(108)109)124(110)113-96)92(117(121(104)105)122(106)107)91(116(112-95)120(102)103)89(84)115(99)119(100)101/h1-2,4,6,8,111-113H,93-110H2,3,5,7,9-17H3. The highest BCUT2D eigenvalue weighted by atomic mass is 14.4. The Balaban J connectivity index is 2.17. The molecule has 0 saturated carbocycles. The number of rotatable bonds is 16. The lowest BCUT2D eigenvalue weighted by atomic mass is 8.66. The minimum absolute atomic E-state index is 0.0183. The average Bonchev–Trinajstić information content (AvgIpc) is 0.677. The van der Waals surface area contributed by atoms with E-state index in [1.165, 1.54) is 71.4 Å². The van der Waals surface area contributed by atoms with Crippen LogP contribution in [0.1, 0.15) is 115 Å². The van der Waals surface area contributed by atoms with E-state index in [4.69, 9.17) is 32.1 Å². The zero-order valence-electron chi connectivity index (χ0n) is 78.9. The van der Waals surface area contributed by atoms with Gasteiger partial charge >= 0.3 is 0 Å². The van der Waals surface area contributed by atoms with Gasteiger partial charge in [-0.15, -0.1) is 54.4 Å². The number of fused-ring (bicyclic) bond motifs is 6. The van der Waals surface area contributed by atoms with Crippen molar-refractivity contribution in [3.05, 3.63) is 94.6 Å². The van der Waals surface area contributed by atoms with Crippen molar-refractivity contribution in [3.63, 3.8) is 0 Å². The predicted molar refractivity (Wildman–Crippen MR) is 622 cm³/mol. The van der Waals surface area contributed by atoms with Crippen LogP contribution in [0.3, 0.4) is 0 Å². The molecule has 0 nitrogen and oxygen atoms in total. The van der Waals surface area contributed by atoms with Gasteiger partial charge in [0.05, 0.1) is 198 Å². The van der Waals surface area contributed by atoms with E-state index in [1.807, 2.05) is 6.92 Å². The van der Waals surface area contributed by atoms with Crippen LogP contribution in [0.25, 0.3) is 76.1 Å². The Bertz CT molecular complexity index is 7370. The molecule has 0 fully saturated rings. The molecule has 0 bridgehead atoms. The molecule has 0 aliphatic heterocycles. The van der Waals surface area contributed by atoms with E-state index in [-0.39, 0.29) is 45.2 Å². The second-order valence-electron chi connectivity index (χ2n) is 34.1. The smallest absolute Gasteiger partial charge is 0.115 e. The van der Waals surface area contributed by atoms with Gasteiger partial charge in [0.1, 0.15) is 21.5 Å². The van der Waals surface area contributed by atoms with Crippen LogP contribution in [0.4, 0.5) is 0 Å². The maximum absolute atomic E-state index is 6.97. The van der Waals surface area contributed by atoms with Gasteiger partial charge in [0, 0.05) is 83.6 Å². The Hall–Kier alpha value is -12.1. The van der Waals surface area contributed by atoms with Gasteiger partial charge in [-0.1, -0.05) is 81.1 Å². The molecule has 0 spiro atoms. The molecular formula is C92H80B32. The first-order chi connectivity index (χ1) is 59.3. The van der Waals surface area contributed by atoms with Gasteiger partial charge in [0.2, 0.25) is 0 Å². The molecule has 0 aromatic heterocycles. The summed E-state index contributed by atoms with van der Waals surface area (Å²) < 4.78 is 0. The van der Waals surface area contributed by atoms with Crippen LogP contribution in [-0.4, -0.2) is 231 Å². The van der Waals surface area contributed by atoms with Gasteiger partial charge < -0.3 is 0 Å². The van der Waals surface area contributed by atoms with Crippen LogP contribution >= 0.6 is 0 Å². The molecule has 544 valence electrons. The monoisotopic (exact) mass is 1540 g/mol. The largest absolute Gasteiger partial charge is 0.139 e. The van der Waals surface area contributed by atoms with E-state index in [2.05, 4.69) is 414 Å².